The molecule has 160 valence electrons. The maximum Gasteiger partial charge on any atom is 0.407 e. The number of hydrogen-bond acceptors (Lipinski definition) is 4. The predicted octanol–water partition coefficient (Wildman–Crippen LogP) is 5.17. The van der Waals surface area contributed by atoms with Crippen molar-refractivity contribution in [1.29, 1.82) is 0 Å². The van der Waals surface area contributed by atoms with Crippen LogP contribution in [0.3, 0.4) is 0 Å². The van der Waals surface area contributed by atoms with E-state index in [0.29, 0.717) is 30.6 Å². The quantitative estimate of drug-likeness (QED) is 0.649. The minimum atomic E-state index is -0.463. The second kappa shape index (κ2) is 10.4. The third kappa shape index (κ3) is 9.70. The van der Waals surface area contributed by atoms with Crippen LogP contribution in [0.4, 0.5) is 4.79 Å². The molecule has 0 spiro atoms. The van der Waals surface area contributed by atoms with E-state index >= 15 is 0 Å². The fraction of sp³-hybridized carbons (Fsp3) is 0.870. The van der Waals surface area contributed by atoms with Gasteiger partial charge in [0, 0.05) is 31.1 Å². The zero-order chi connectivity index (χ0) is 20.7. The number of rotatable bonds is 7. The molecule has 0 bridgehead atoms. The Kier molecular flexibility index (Phi) is 8.51. The molecule has 1 aliphatic heterocycles. The summed E-state index contributed by atoms with van der Waals surface area (Å²) in [4.78, 5) is 27.5. The molecule has 0 aromatic carbocycles. The lowest BCUT2D eigenvalue weighted by molar-refractivity contribution is -0.120. The van der Waals surface area contributed by atoms with E-state index in [0.717, 1.165) is 37.6 Å². The summed E-state index contributed by atoms with van der Waals surface area (Å²) < 4.78 is 5.14. The van der Waals surface area contributed by atoms with Gasteiger partial charge in [0.2, 0.25) is 0 Å². The zero-order valence-electron chi connectivity index (χ0n) is 18.6. The van der Waals surface area contributed by atoms with Crippen LogP contribution in [0.2, 0.25) is 0 Å². The number of ether oxygens (including phenoxy) is 1. The van der Waals surface area contributed by atoms with Gasteiger partial charge >= 0.3 is 6.09 Å². The molecule has 1 unspecified atom stereocenters. The third-order valence-electron chi connectivity index (χ3n) is 5.46. The monoisotopic (exact) mass is 392 g/mol. The summed E-state index contributed by atoms with van der Waals surface area (Å²) in [7, 11) is 0. The number of hydrogen-bond donors (Lipinski definition) is 1. The van der Waals surface area contributed by atoms with Crippen LogP contribution < -0.4 is 5.32 Å². The van der Waals surface area contributed by atoms with Crippen molar-refractivity contribution in [2.75, 3.05) is 13.1 Å². The van der Waals surface area contributed by atoms with E-state index in [9.17, 15) is 9.59 Å². The molecule has 1 heterocycles. The molecule has 2 fully saturated rings. The van der Waals surface area contributed by atoms with Gasteiger partial charge in [0.1, 0.15) is 11.4 Å². The summed E-state index contributed by atoms with van der Waals surface area (Å²) in [6, 6.07) is 0. The minimum Gasteiger partial charge on any atom is -0.444 e. The van der Waals surface area contributed by atoms with Gasteiger partial charge in [-0.3, -0.25) is 9.79 Å². The molecular formula is C23H40N2O3. The molecule has 1 amide bonds. The maximum absolute atomic E-state index is 11.5. The summed E-state index contributed by atoms with van der Waals surface area (Å²) in [6.07, 6.45) is 8.77. The van der Waals surface area contributed by atoms with Gasteiger partial charge in [0.05, 0.1) is 0 Å². The lowest BCUT2D eigenvalue weighted by atomic mass is 9.98. The van der Waals surface area contributed by atoms with E-state index in [-0.39, 0.29) is 6.09 Å². The molecule has 3 aliphatic rings. The lowest BCUT2D eigenvalue weighted by Crippen LogP contribution is -2.34. The first-order valence-corrected chi connectivity index (χ1v) is 11.2. The van der Waals surface area contributed by atoms with Crippen molar-refractivity contribution in [2.24, 2.45) is 28.7 Å². The van der Waals surface area contributed by atoms with E-state index < -0.39 is 5.60 Å². The van der Waals surface area contributed by atoms with Crippen molar-refractivity contribution in [1.82, 2.24) is 5.32 Å². The van der Waals surface area contributed by atoms with Crippen molar-refractivity contribution >= 4 is 17.6 Å². The Morgan fingerprint density at radius 3 is 2.36 bits per heavy atom. The van der Waals surface area contributed by atoms with E-state index in [1.807, 2.05) is 27.7 Å². The molecule has 2 aliphatic carbocycles. The number of nitrogens with one attached hydrogen (secondary N) is 1. The average molecular weight is 393 g/mol. The number of alkyl carbamates (subject to hydrolysis) is 1. The highest BCUT2D eigenvalue weighted by atomic mass is 16.6. The molecule has 5 heteroatoms. The van der Waals surface area contributed by atoms with Crippen molar-refractivity contribution in [3.05, 3.63) is 0 Å². The molecule has 0 aromatic heterocycles. The second-order valence-corrected chi connectivity index (χ2v) is 10.0. The molecule has 0 radical (unpaired) electrons. The fourth-order valence-electron chi connectivity index (χ4n) is 3.26. The Labute approximate surface area is 171 Å². The molecule has 1 N–H and O–H groups in total. The molecule has 28 heavy (non-hydrogen) atoms. The second-order valence-electron chi connectivity index (χ2n) is 10.0. The van der Waals surface area contributed by atoms with E-state index in [1.54, 1.807) is 0 Å². The zero-order valence-corrected chi connectivity index (χ0v) is 18.6. The van der Waals surface area contributed by atoms with Gasteiger partial charge in [-0.2, -0.15) is 0 Å². The first kappa shape index (κ1) is 22.9. The van der Waals surface area contributed by atoms with Crippen LogP contribution >= 0.6 is 0 Å². The van der Waals surface area contributed by atoms with Gasteiger partial charge in [-0.1, -0.05) is 13.8 Å². The largest absolute Gasteiger partial charge is 0.444 e. The molecule has 2 atom stereocenters. The van der Waals surface area contributed by atoms with Crippen LogP contribution in [-0.2, 0) is 9.53 Å². The lowest BCUT2D eigenvalue weighted by Gasteiger charge is -2.20. The van der Waals surface area contributed by atoms with E-state index in [4.69, 9.17) is 4.74 Å². The molecular weight excluding hydrogens is 352 g/mol. The Morgan fingerprint density at radius 1 is 1.18 bits per heavy atom. The van der Waals surface area contributed by atoms with E-state index in [1.165, 1.54) is 31.4 Å². The third-order valence-corrected chi connectivity index (χ3v) is 5.46. The number of amides is 1. The van der Waals surface area contributed by atoms with Gasteiger partial charge in [-0.25, -0.2) is 4.79 Å². The number of Topliss-reactive ketones (excluding diaryl/α,β-unsaturated/α-hetero) is 1. The van der Waals surface area contributed by atoms with Crippen LogP contribution in [-0.4, -0.2) is 36.3 Å². The van der Waals surface area contributed by atoms with Gasteiger partial charge in [0.15, 0.2) is 0 Å². The Morgan fingerprint density at radius 2 is 1.86 bits per heavy atom. The highest BCUT2D eigenvalue weighted by molar-refractivity contribution is 5.89. The Balaban J connectivity index is 0.000000233. The average Bonchev–Trinajstić information content (AvgIpc) is 3.48. The summed E-state index contributed by atoms with van der Waals surface area (Å²) in [5.74, 6) is 2.81. The van der Waals surface area contributed by atoms with Crippen molar-refractivity contribution in [3.8, 4) is 0 Å². The molecule has 3 rings (SSSR count). The number of nitrogens with zero attached hydrogens (tertiary/aromatic N) is 1. The van der Waals surface area contributed by atoms with Gasteiger partial charge in [-0.15, -0.1) is 0 Å². The maximum atomic E-state index is 11.5. The Bertz CT molecular complexity index is 557. The van der Waals surface area contributed by atoms with Crippen LogP contribution in [0.1, 0.15) is 86.0 Å². The standard InChI is InChI=1S/C14H25NO3.C9H15N/c1-10(5-8-12(16)11-6-7-11)9-15-13(17)18-14(2,3)4;1-7-2-5-9(10-6-7)8-3-4-8/h10-11H,5-9H2,1-4H3,(H,15,17);7-8H,2-6H2,1H3/t;7-/m.0/s1. The van der Waals surface area contributed by atoms with Crippen LogP contribution in [0.25, 0.3) is 0 Å². The Hall–Kier alpha value is -1.39. The number of carbonyl (C=O) groups is 2. The number of carbonyl (C=O) groups excluding carboxylic acids is 2. The highest BCUT2D eigenvalue weighted by Crippen LogP contribution is 2.34. The molecule has 0 saturated heterocycles. The summed E-state index contributed by atoms with van der Waals surface area (Å²) in [6.45, 7) is 11.5. The van der Waals surface area contributed by atoms with Gasteiger partial charge in [-0.05, 0) is 83.5 Å². The van der Waals surface area contributed by atoms with Crippen molar-refractivity contribution in [3.63, 3.8) is 0 Å². The fourth-order valence-corrected chi connectivity index (χ4v) is 3.26. The number of aliphatic imine (C=N–C) groups is 1. The molecule has 2 saturated carbocycles. The molecule has 0 aromatic rings. The normalized spacial score (nSPS) is 23.0. The van der Waals surface area contributed by atoms with E-state index in [2.05, 4.69) is 17.2 Å². The van der Waals surface area contributed by atoms with Crippen molar-refractivity contribution < 1.29 is 14.3 Å². The van der Waals surface area contributed by atoms with Crippen LogP contribution in [0.5, 0.6) is 0 Å². The van der Waals surface area contributed by atoms with Crippen LogP contribution in [0.15, 0.2) is 4.99 Å². The summed E-state index contributed by atoms with van der Waals surface area (Å²) in [5, 5.41) is 2.74. The topological polar surface area (TPSA) is 67.8 Å². The summed E-state index contributed by atoms with van der Waals surface area (Å²) >= 11 is 0. The van der Waals surface area contributed by atoms with Crippen molar-refractivity contribution in [2.45, 2.75) is 91.6 Å². The minimum absolute atomic E-state index is 0.306. The van der Waals surface area contributed by atoms with Gasteiger partial charge < -0.3 is 10.1 Å². The van der Waals surface area contributed by atoms with Crippen LogP contribution in [0, 0.1) is 23.7 Å². The predicted molar refractivity (Wildman–Crippen MR) is 114 cm³/mol. The first-order valence-electron chi connectivity index (χ1n) is 11.2. The SMILES string of the molecule is CC(CCC(=O)C1CC1)CNC(=O)OC(C)(C)C.C[C@H]1CCC(C2CC2)=NC1. The highest BCUT2D eigenvalue weighted by Gasteiger charge is 2.29. The smallest absolute Gasteiger partial charge is 0.407 e. The summed E-state index contributed by atoms with van der Waals surface area (Å²) in [5.41, 5.74) is 1.08. The van der Waals surface area contributed by atoms with Gasteiger partial charge in [0.25, 0.3) is 0 Å². The first-order chi connectivity index (χ1) is 13.1. The molecule has 5 nitrogen and oxygen atoms in total. The number of ketones is 1.